The average molecular weight is 363 g/mol. The van der Waals surface area contributed by atoms with Crippen molar-refractivity contribution >= 4 is 40.1 Å². The van der Waals surface area contributed by atoms with Gasteiger partial charge in [-0.15, -0.1) is 0 Å². The zero-order valence-corrected chi connectivity index (χ0v) is 15.2. The average Bonchev–Trinajstić information content (AvgIpc) is 2.62. The highest BCUT2D eigenvalue weighted by atomic mass is 35.5. The Kier molecular flexibility index (Phi) is 5.14. The smallest absolute Gasteiger partial charge is 0.101 e. The normalized spacial score (nSPS) is 10.1. The first-order chi connectivity index (χ1) is 12.1. The molecule has 0 atom stereocenters. The highest BCUT2D eigenvalue weighted by molar-refractivity contribution is 7.81. The Morgan fingerprint density at radius 1 is 1.00 bits per heavy atom. The van der Waals surface area contributed by atoms with Crippen molar-refractivity contribution in [3.05, 3.63) is 94.0 Å². The number of para-hydroxylation sites is 1. The standard InChI is InChI=1S/C21H15ClN2S/c1-14-6-2-4-8-17(14)21(25)18-11-10-16(12-19(18)22)24-20-9-5-3-7-15(20)13-23/h2-12,24H,1H3. The minimum absolute atomic E-state index is 0.577. The van der Waals surface area contributed by atoms with Gasteiger partial charge in [-0.2, -0.15) is 5.26 Å². The lowest BCUT2D eigenvalue weighted by molar-refractivity contribution is 1.44. The van der Waals surface area contributed by atoms with Crippen LogP contribution in [0.4, 0.5) is 11.4 Å². The van der Waals surface area contributed by atoms with Crippen LogP contribution in [0.2, 0.25) is 5.02 Å². The fourth-order valence-corrected chi connectivity index (χ4v) is 3.33. The maximum atomic E-state index is 9.19. The Labute approximate surface area is 157 Å². The van der Waals surface area contributed by atoms with E-state index in [1.807, 2.05) is 67.6 Å². The van der Waals surface area contributed by atoms with Crippen molar-refractivity contribution in [3.63, 3.8) is 0 Å². The van der Waals surface area contributed by atoms with Crippen molar-refractivity contribution in [2.75, 3.05) is 5.32 Å². The molecule has 0 amide bonds. The van der Waals surface area contributed by atoms with Crippen LogP contribution in [0.3, 0.4) is 0 Å². The highest BCUT2D eigenvalue weighted by Gasteiger charge is 2.12. The second-order valence-corrected chi connectivity index (χ2v) is 6.44. The molecule has 0 aliphatic carbocycles. The fraction of sp³-hybridized carbons (Fsp3) is 0.0476. The molecule has 4 heteroatoms. The van der Waals surface area contributed by atoms with Gasteiger partial charge in [0.2, 0.25) is 0 Å². The molecular formula is C21H15ClN2S. The number of nitrogens with zero attached hydrogens (tertiary/aromatic N) is 1. The van der Waals surface area contributed by atoms with E-state index >= 15 is 0 Å². The summed E-state index contributed by atoms with van der Waals surface area (Å²) in [5.74, 6) is 0. The van der Waals surface area contributed by atoms with Crippen molar-refractivity contribution in [1.82, 2.24) is 0 Å². The Bertz CT molecular complexity index is 989. The molecule has 0 radical (unpaired) electrons. The Balaban J connectivity index is 1.90. The predicted octanol–water partition coefficient (Wildman–Crippen LogP) is 6.03. The summed E-state index contributed by atoms with van der Waals surface area (Å²) in [4.78, 5) is 0.729. The second-order valence-electron chi connectivity index (χ2n) is 5.62. The van der Waals surface area contributed by atoms with Crippen LogP contribution >= 0.6 is 23.8 Å². The van der Waals surface area contributed by atoms with Crippen molar-refractivity contribution in [2.45, 2.75) is 6.92 Å². The number of anilines is 2. The molecule has 0 aliphatic heterocycles. The van der Waals surface area contributed by atoms with Crippen LogP contribution in [0.1, 0.15) is 22.3 Å². The molecule has 0 heterocycles. The second kappa shape index (κ2) is 7.48. The zero-order valence-electron chi connectivity index (χ0n) is 13.6. The molecule has 0 aliphatic rings. The van der Waals surface area contributed by atoms with Crippen molar-refractivity contribution < 1.29 is 0 Å². The first-order valence-electron chi connectivity index (χ1n) is 7.76. The molecule has 122 valence electrons. The number of halogens is 1. The monoisotopic (exact) mass is 362 g/mol. The van der Waals surface area contributed by atoms with E-state index in [1.54, 1.807) is 6.07 Å². The molecule has 3 aromatic rings. The van der Waals surface area contributed by atoms with Crippen LogP contribution in [0.5, 0.6) is 0 Å². The Hall–Kier alpha value is -2.67. The molecule has 0 bridgehead atoms. The summed E-state index contributed by atoms with van der Waals surface area (Å²) in [5, 5.41) is 13.0. The molecule has 3 rings (SSSR count). The summed E-state index contributed by atoms with van der Waals surface area (Å²) >= 11 is 12.1. The van der Waals surface area contributed by atoms with Gasteiger partial charge in [-0.25, -0.2) is 0 Å². The van der Waals surface area contributed by atoms with Gasteiger partial charge in [-0.05, 0) is 48.4 Å². The molecule has 1 N–H and O–H groups in total. The van der Waals surface area contributed by atoms with Crippen LogP contribution in [-0.4, -0.2) is 4.86 Å². The molecule has 2 nitrogen and oxygen atoms in total. The van der Waals surface area contributed by atoms with Gasteiger partial charge in [0.05, 0.1) is 21.1 Å². The minimum Gasteiger partial charge on any atom is -0.354 e. The van der Waals surface area contributed by atoms with Crippen LogP contribution in [-0.2, 0) is 0 Å². The number of benzene rings is 3. The molecule has 0 unspecified atom stereocenters. The maximum absolute atomic E-state index is 9.19. The summed E-state index contributed by atoms with van der Waals surface area (Å²) in [6.07, 6.45) is 0. The predicted molar refractivity (Wildman–Crippen MR) is 108 cm³/mol. The topological polar surface area (TPSA) is 35.8 Å². The third-order valence-corrected chi connectivity index (χ3v) is 4.68. The SMILES string of the molecule is Cc1ccccc1C(=S)c1ccc(Nc2ccccc2C#N)cc1Cl. The lowest BCUT2D eigenvalue weighted by atomic mass is 10.00. The van der Waals surface area contributed by atoms with Crippen LogP contribution in [0.15, 0.2) is 66.7 Å². The third-order valence-electron chi connectivity index (χ3n) is 3.93. The van der Waals surface area contributed by atoms with E-state index in [-0.39, 0.29) is 0 Å². The first kappa shape index (κ1) is 17.2. The molecule has 25 heavy (non-hydrogen) atoms. The lowest BCUT2D eigenvalue weighted by Crippen LogP contribution is -2.03. The number of rotatable bonds is 4. The number of aryl methyl sites for hydroxylation is 1. The summed E-state index contributed by atoms with van der Waals surface area (Å²) in [6.45, 7) is 2.03. The van der Waals surface area contributed by atoms with E-state index < -0.39 is 0 Å². The van der Waals surface area contributed by atoms with Gasteiger partial charge >= 0.3 is 0 Å². The molecular weight excluding hydrogens is 348 g/mol. The number of hydrogen-bond donors (Lipinski definition) is 1. The van der Waals surface area contributed by atoms with Crippen LogP contribution < -0.4 is 5.32 Å². The molecule has 0 saturated carbocycles. The Morgan fingerprint density at radius 3 is 2.44 bits per heavy atom. The van der Waals surface area contributed by atoms with Crippen LogP contribution in [0.25, 0.3) is 0 Å². The molecule has 0 spiro atoms. The quantitative estimate of drug-likeness (QED) is 0.454. The molecule has 0 fully saturated rings. The summed E-state index contributed by atoms with van der Waals surface area (Å²) in [7, 11) is 0. The largest absolute Gasteiger partial charge is 0.354 e. The maximum Gasteiger partial charge on any atom is 0.101 e. The molecule has 3 aromatic carbocycles. The van der Waals surface area contributed by atoms with Crippen molar-refractivity contribution in [1.29, 1.82) is 5.26 Å². The van der Waals surface area contributed by atoms with Gasteiger partial charge in [0.25, 0.3) is 0 Å². The van der Waals surface area contributed by atoms with Gasteiger partial charge in [0.15, 0.2) is 0 Å². The highest BCUT2D eigenvalue weighted by Crippen LogP contribution is 2.28. The van der Waals surface area contributed by atoms with E-state index in [9.17, 15) is 5.26 Å². The fourth-order valence-electron chi connectivity index (χ4n) is 2.59. The van der Waals surface area contributed by atoms with Gasteiger partial charge in [0.1, 0.15) is 6.07 Å². The van der Waals surface area contributed by atoms with Crippen LogP contribution in [0, 0.1) is 18.3 Å². The minimum atomic E-state index is 0.577. The zero-order chi connectivity index (χ0) is 17.8. The summed E-state index contributed by atoms with van der Waals surface area (Å²) < 4.78 is 0. The van der Waals surface area contributed by atoms with E-state index in [0.717, 1.165) is 32.9 Å². The van der Waals surface area contributed by atoms with E-state index in [1.165, 1.54) is 0 Å². The lowest BCUT2D eigenvalue weighted by Gasteiger charge is -2.12. The van der Waals surface area contributed by atoms with Gasteiger partial charge in [-0.3, -0.25) is 0 Å². The summed E-state index contributed by atoms with van der Waals surface area (Å²) in [5.41, 5.74) is 5.09. The van der Waals surface area contributed by atoms with E-state index in [0.29, 0.717) is 10.6 Å². The Morgan fingerprint density at radius 2 is 1.72 bits per heavy atom. The van der Waals surface area contributed by atoms with Gasteiger partial charge < -0.3 is 5.32 Å². The van der Waals surface area contributed by atoms with E-state index in [2.05, 4.69) is 11.4 Å². The molecule has 0 saturated heterocycles. The first-order valence-corrected chi connectivity index (χ1v) is 8.55. The number of thiocarbonyl (C=S) groups is 1. The third kappa shape index (κ3) is 3.71. The van der Waals surface area contributed by atoms with Crippen molar-refractivity contribution in [2.24, 2.45) is 0 Å². The number of nitrogens with one attached hydrogen (secondary N) is 1. The van der Waals surface area contributed by atoms with Gasteiger partial charge in [-0.1, -0.05) is 60.2 Å². The van der Waals surface area contributed by atoms with Crippen molar-refractivity contribution in [3.8, 4) is 6.07 Å². The summed E-state index contributed by atoms with van der Waals surface area (Å²) in [6, 6.07) is 23.2. The number of nitriles is 1. The molecule has 0 aromatic heterocycles. The van der Waals surface area contributed by atoms with E-state index in [4.69, 9.17) is 23.8 Å². The number of hydrogen-bond acceptors (Lipinski definition) is 3. The van der Waals surface area contributed by atoms with Gasteiger partial charge in [0, 0.05) is 11.3 Å².